The summed E-state index contributed by atoms with van der Waals surface area (Å²) in [6, 6.07) is 21.5. The Kier molecular flexibility index (Phi) is 6.08. The van der Waals surface area contributed by atoms with Crippen LogP contribution in [0, 0.1) is 11.3 Å². The summed E-state index contributed by atoms with van der Waals surface area (Å²) in [5, 5.41) is 10.7. The SMILES string of the molecule is COc1ccc2cc(C(=O)/C=C/c3ccc(N(C)CCC#N)cc3)ccc2c1. The van der Waals surface area contributed by atoms with Gasteiger partial charge < -0.3 is 9.64 Å². The molecule has 0 bridgehead atoms. The van der Waals surface area contributed by atoms with E-state index >= 15 is 0 Å². The summed E-state index contributed by atoms with van der Waals surface area (Å²) in [5.41, 5.74) is 2.65. The molecule has 0 unspecified atom stereocenters. The molecule has 3 rings (SSSR count). The average Bonchev–Trinajstić information content (AvgIpc) is 2.75. The van der Waals surface area contributed by atoms with Crippen molar-refractivity contribution in [3.8, 4) is 11.8 Å². The zero-order valence-corrected chi connectivity index (χ0v) is 16.1. The lowest BCUT2D eigenvalue weighted by Gasteiger charge is -2.17. The molecule has 140 valence electrons. The Hall–Kier alpha value is -3.58. The number of nitrogens with zero attached hydrogens (tertiary/aromatic N) is 2. The van der Waals surface area contributed by atoms with Crippen molar-refractivity contribution in [2.45, 2.75) is 6.42 Å². The first-order valence-corrected chi connectivity index (χ1v) is 9.09. The van der Waals surface area contributed by atoms with Gasteiger partial charge in [0.2, 0.25) is 0 Å². The minimum absolute atomic E-state index is 0.0343. The van der Waals surface area contributed by atoms with Gasteiger partial charge in [0, 0.05) is 24.8 Å². The number of hydrogen-bond donors (Lipinski definition) is 0. The Labute approximate surface area is 165 Å². The summed E-state index contributed by atoms with van der Waals surface area (Å²) in [6.45, 7) is 0.692. The maximum absolute atomic E-state index is 12.5. The van der Waals surface area contributed by atoms with E-state index in [1.54, 1.807) is 13.2 Å². The van der Waals surface area contributed by atoms with Gasteiger partial charge in [-0.3, -0.25) is 4.79 Å². The van der Waals surface area contributed by atoms with Crippen LogP contribution in [0.25, 0.3) is 16.8 Å². The summed E-state index contributed by atoms with van der Waals surface area (Å²) in [6.07, 6.45) is 3.91. The van der Waals surface area contributed by atoms with Crippen LogP contribution in [0.15, 0.2) is 66.7 Å². The smallest absolute Gasteiger partial charge is 0.185 e. The Balaban J connectivity index is 1.71. The molecule has 28 heavy (non-hydrogen) atoms. The van der Waals surface area contributed by atoms with Crippen LogP contribution in [0.5, 0.6) is 5.75 Å². The topological polar surface area (TPSA) is 53.3 Å². The molecule has 3 aromatic rings. The van der Waals surface area contributed by atoms with Crippen molar-refractivity contribution in [2.75, 3.05) is 25.6 Å². The predicted octanol–water partition coefficient (Wildman–Crippen LogP) is 5.09. The Morgan fingerprint density at radius 1 is 1.07 bits per heavy atom. The second-order valence-corrected chi connectivity index (χ2v) is 6.55. The van der Waals surface area contributed by atoms with E-state index in [4.69, 9.17) is 10.00 Å². The van der Waals surface area contributed by atoms with E-state index in [9.17, 15) is 4.79 Å². The highest BCUT2D eigenvalue weighted by atomic mass is 16.5. The van der Waals surface area contributed by atoms with E-state index in [2.05, 4.69) is 6.07 Å². The quantitative estimate of drug-likeness (QED) is 0.429. The minimum atomic E-state index is -0.0343. The third-order valence-electron chi connectivity index (χ3n) is 4.65. The van der Waals surface area contributed by atoms with Gasteiger partial charge in [-0.25, -0.2) is 0 Å². The van der Waals surface area contributed by atoms with Crippen LogP contribution >= 0.6 is 0 Å². The molecule has 0 heterocycles. The van der Waals surface area contributed by atoms with Gasteiger partial charge in [0.05, 0.1) is 19.6 Å². The van der Waals surface area contributed by atoms with Gasteiger partial charge in [0.1, 0.15) is 5.75 Å². The molecule has 0 radical (unpaired) electrons. The Morgan fingerprint density at radius 3 is 2.50 bits per heavy atom. The molecule has 0 saturated carbocycles. The van der Waals surface area contributed by atoms with E-state index in [1.165, 1.54) is 0 Å². The van der Waals surface area contributed by atoms with Gasteiger partial charge in [0.15, 0.2) is 5.78 Å². The summed E-state index contributed by atoms with van der Waals surface area (Å²) in [4.78, 5) is 14.6. The molecule has 0 aromatic heterocycles. The van der Waals surface area contributed by atoms with E-state index in [-0.39, 0.29) is 5.78 Å². The van der Waals surface area contributed by atoms with Crippen molar-refractivity contribution in [3.63, 3.8) is 0 Å². The van der Waals surface area contributed by atoms with Gasteiger partial charge in [-0.15, -0.1) is 0 Å². The Morgan fingerprint density at radius 2 is 1.79 bits per heavy atom. The summed E-state index contributed by atoms with van der Waals surface area (Å²) >= 11 is 0. The van der Waals surface area contributed by atoms with Gasteiger partial charge >= 0.3 is 0 Å². The zero-order chi connectivity index (χ0) is 19.9. The fourth-order valence-corrected chi connectivity index (χ4v) is 2.96. The molecule has 4 nitrogen and oxygen atoms in total. The number of rotatable bonds is 7. The first-order chi connectivity index (χ1) is 13.6. The molecule has 0 aliphatic rings. The molecule has 0 aliphatic heterocycles. The number of carbonyl (C=O) groups is 1. The zero-order valence-electron chi connectivity index (χ0n) is 16.1. The van der Waals surface area contributed by atoms with Crippen molar-refractivity contribution in [2.24, 2.45) is 0 Å². The maximum Gasteiger partial charge on any atom is 0.185 e. The number of nitriles is 1. The van der Waals surface area contributed by atoms with Gasteiger partial charge in [0.25, 0.3) is 0 Å². The third-order valence-corrected chi connectivity index (χ3v) is 4.65. The van der Waals surface area contributed by atoms with Gasteiger partial charge in [-0.1, -0.05) is 36.4 Å². The average molecular weight is 370 g/mol. The molecule has 0 atom stereocenters. The van der Waals surface area contributed by atoms with Crippen LogP contribution in [-0.4, -0.2) is 26.5 Å². The van der Waals surface area contributed by atoms with Crippen LogP contribution < -0.4 is 9.64 Å². The number of ketones is 1. The first kappa shape index (κ1) is 19.2. The normalized spacial score (nSPS) is 10.8. The van der Waals surface area contributed by atoms with Crippen molar-refractivity contribution in [1.82, 2.24) is 0 Å². The second kappa shape index (κ2) is 8.88. The molecule has 0 spiro atoms. The number of carbonyl (C=O) groups excluding carboxylic acids is 1. The van der Waals surface area contributed by atoms with Gasteiger partial charge in [-0.2, -0.15) is 5.26 Å². The number of hydrogen-bond acceptors (Lipinski definition) is 4. The van der Waals surface area contributed by atoms with E-state index in [0.717, 1.165) is 27.8 Å². The summed E-state index contributed by atoms with van der Waals surface area (Å²) < 4.78 is 5.23. The summed E-state index contributed by atoms with van der Waals surface area (Å²) in [5.74, 6) is 0.765. The van der Waals surface area contributed by atoms with Gasteiger partial charge in [-0.05, 0) is 52.7 Å². The van der Waals surface area contributed by atoms with Crippen LogP contribution in [-0.2, 0) is 0 Å². The minimum Gasteiger partial charge on any atom is -0.497 e. The standard InChI is InChI=1S/C24H22N2O2/c1-26(15-3-14-25)22-10-4-18(5-11-22)6-13-24(27)21-8-7-20-17-23(28-2)12-9-19(20)16-21/h4-13,16-17H,3,15H2,1-2H3/b13-6+. The third kappa shape index (κ3) is 4.57. The fraction of sp³-hybridized carbons (Fsp3) is 0.167. The number of methoxy groups -OCH3 is 1. The Bertz CT molecular complexity index is 1050. The lowest BCUT2D eigenvalue weighted by Crippen LogP contribution is -2.17. The first-order valence-electron chi connectivity index (χ1n) is 9.09. The molecule has 0 fully saturated rings. The molecular weight excluding hydrogens is 348 g/mol. The highest BCUT2D eigenvalue weighted by molar-refractivity contribution is 6.08. The molecule has 0 N–H and O–H groups in total. The highest BCUT2D eigenvalue weighted by Gasteiger charge is 2.05. The number of allylic oxidation sites excluding steroid dienone is 1. The molecule has 4 heteroatoms. The lowest BCUT2D eigenvalue weighted by molar-refractivity contribution is 0.104. The predicted molar refractivity (Wildman–Crippen MR) is 114 cm³/mol. The van der Waals surface area contributed by atoms with Crippen molar-refractivity contribution >= 4 is 28.3 Å². The number of anilines is 1. The molecular formula is C24H22N2O2. The van der Waals surface area contributed by atoms with E-state index < -0.39 is 0 Å². The van der Waals surface area contributed by atoms with E-state index in [1.807, 2.05) is 78.7 Å². The largest absolute Gasteiger partial charge is 0.497 e. The number of benzene rings is 3. The highest BCUT2D eigenvalue weighted by Crippen LogP contribution is 2.22. The molecule has 0 saturated heterocycles. The maximum atomic E-state index is 12.5. The molecule has 3 aromatic carbocycles. The lowest BCUT2D eigenvalue weighted by atomic mass is 10.0. The van der Waals surface area contributed by atoms with Crippen molar-refractivity contribution < 1.29 is 9.53 Å². The van der Waals surface area contributed by atoms with Crippen LogP contribution in [0.4, 0.5) is 5.69 Å². The number of fused-ring (bicyclic) bond motifs is 1. The fourth-order valence-electron chi connectivity index (χ4n) is 2.96. The van der Waals surface area contributed by atoms with Crippen LogP contribution in [0.3, 0.4) is 0 Å². The molecule has 0 aliphatic carbocycles. The van der Waals surface area contributed by atoms with E-state index in [0.29, 0.717) is 18.5 Å². The van der Waals surface area contributed by atoms with Crippen LogP contribution in [0.1, 0.15) is 22.3 Å². The van der Waals surface area contributed by atoms with Crippen LogP contribution in [0.2, 0.25) is 0 Å². The van der Waals surface area contributed by atoms with Crippen molar-refractivity contribution in [1.29, 1.82) is 5.26 Å². The monoisotopic (exact) mass is 370 g/mol. The molecule has 0 amide bonds. The van der Waals surface area contributed by atoms with Crippen molar-refractivity contribution in [3.05, 3.63) is 77.9 Å². The number of ether oxygens (including phenoxy) is 1. The summed E-state index contributed by atoms with van der Waals surface area (Å²) in [7, 11) is 3.60. The second-order valence-electron chi connectivity index (χ2n) is 6.55.